The van der Waals surface area contributed by atoms with E-state index in [0.29, 0.717) is 5.56 Å². The summed E-state index contributed by atoms with van der Waals surface area (Å²) in [6.07, 6.45) is 0. The Morgan fingerprint density at radius 2 is 1.81 bits per heavy atom. The number of hydrogen-bond acceptors (Lipinski definition) is 6. The van der Waals surface area contributed by atoms with Crippen molar-refractivity contribution in [3.05, 3.63) is 57.1 Å². The number of carbonyl (C=O) groups excluding carboxylic acids is 2. The molecule has 0 spiro atoms. The minimum atomic E-state index is -0.552. The van der Waals surface area contributed by atoms with Crippen LogP contribution in [0.15, 0.2) is 30.3 Å². The molecule has 0 amide bonds. The zero-order valence-electron chi connectivity index (χ0n) is 14.3. The third-order valence-corrected chi connectivity index (χ3v) is 4.35. The Morgan fingerprint density at radius 1 is 1.11 bits per heavy atom. The Kier molecular flexibility index (Phi) is 8.85. The molecule has 0 fully saturated rings. The van der Waals surface area contributed by atoms with Gasteiger partial charge in [-0.3, -0.25) is 4.79 Å². The monoisotopic (exact) mass is 433 g/mol. The summed E-state index contributed by atoms with van der Waals surface area (Å²) in [5, 5.41) is 9.90. The van der Waals surface area contributed by atoms with Crippen molar-refractivity contribution < 1.29 is 24.2 Å². The predicted octanol–water partition coefficient (Wildman–Crippen LogP) is 3.75. The Hall–Kier alpha value is -1.99. The van der Waals surface area contributed by atoms with E-state index in [2.05, 4.69) is 0 Å². The fourth-order valence-electron chi connectivity index (χ4n) is 2.20. The van der Waals surface area contributed by atoms with Gasteiger partial charge in [0.05, 0.1) is 17.2 Å². The van der Waals surface area contributed by atoms with Gasteiger partial charge < -0.3 is 20.3 Å². The molecule has 146 valence electrons. The molecular weight excluding hydrogens is 417 g/mol. The molecule has 0 heterocycles. The first-order valence-corrected chi connectivity index (χ1v) is 8.47. The molecule has 0 saturated carbocycles. The van der Waals surface area contributed by atoms with Crippen molar-refractivity contribution in [3.8, 4) is 11.5 Å². The highest BCUT2D eigenvalue weighted by molar-refractivity contribution is 6.45. The van der Waals surface area contributed by atoms with Crippen molar-refractivity contribution >= 4 is 47.4 Å². The highest BCUT2D eigenvalue weighted by Gasteiger charge is 2.21. The molecule has 0 bridgehead atoms. The molecule has 9 heteroatoms. The van der Waals surface area contributed by atoms with Gasteiger partial charge in [0.2, 0.25) is 0 Å². The largest absolute Gasteiger partial charge is 0.507 e. The second kappa shape index (κ2) is 10.4. The van der Waals surface area contributed by atoms with Crippen molar-refractivity contribution in [1.82, 2.24) is 0 Å². The lowest BCUT2D eigenvalue weighted by Crippen LogP contribution is -2.15. The summed E-state index contributed by atoms with van der Waals surface area (Å²) in [5.74, 6) is -1.12. The van der Waals surface area contributed by atoms with Crippen molar-refractivity contribution in [3.63, 3.8) is 0 Å². The number of benzene rings is 2. The summed E-state index contributed by atoms with van der Waals surface area (Å²) >= 11 is 12.3. The number of halogens is 3. The highest BCUT2D eigenvalue weighted by atomic mass is 35.5. The molecule has 0 atom stereocenters. The van der Waals surface area contributed by atoms with Crippen LogP contribution in [0.1, 0.15) is 28.4 Å². The third kappa shape index (κ3) is 5.49. The smallest absolute Gasteiger partial charge is 0.344 e. The van der Waals surface area contributed by atoms with Crippen LogP contribution in [0.25, 0.3) is 0 Å². The van der Waals surface area contributed by atoms with Crippen molar-refractivity contribution in [2.24, 2.45) is 5.73 Å². The number of ketones is 1. The maximum atomic E-state index is 12.7. The fraction of sp³-hybridized carbons (Fsp3) is 0.222. The third-order valence-electron chi connectivity index (χ3n) is 3.48. The molecule has 3 N–H and O–H groups in total. The average molecular weight is 435 g/mol. The quantitative estimate of drug-likeness (QED) is 0.508. The Morgan fingerprint density at radius 3 is 2.44 bits per heavy atom. The number of phenols is 1. The number of esters is 1. The molecule has 2 aromatic rings. The van der Waals surface area contributed by atoms with E-state index in [9.17, 15) is 14.7 Å². The first-order valence-electron chi connectivity index (χ1n) is 7.72. The predicted molar refractivity (Wildman–Crippen MR) is 105 cm³/mol. The van der Waals surface area contributed by atoms with Gasteiger partial charge in [0, 0.05) is 12.1 Å². The zero-order valence-corrected chi connectivity index (χ0v) is 16.7. The number of ether oxygens (including phenoxy) is 2. The minimum Gasteiger partial charge on any atom is -0.507 e. The average Bonchev–Trinajstić information content (AvgIpc) is 2.63. The van der Waals surface area contributed by atoms with Crippen LogP contribution in [0.5, 0.6) is 11.5 Å². The summed E-state index contributed by atoms with van der Waals surface area (Å²) < 4.78 is 10.0. The summed E-state index contributed by atoms with van der Waals surface area (Å²) in [4.78, 5) is 24.1. The van der Waals surface area contributed by atoms with E-state index in [-0.39, 0.29) is 64.8 Å². The Labute approximate surface area is 172 Å². The number of hydrogen-bond donors (Lipinski definition) is 2. The number of nitrogens with two attached hydrogens (primary N) is 1. The summed E-state index contributed by atoms with van der Waals surface area (Å²) in [5.41, 5.74) is 6.40. The van der Waals surface area contributed by atoms with Crippen LogP contribution < -0.4 is 10.5 Å². The molecule has 0 radical (unpaired) electrons. The molecule has 0 aliphatic rings. The summed E-state index contributed by atoms with van der Waals surface area (Å²) in [6.45, 7) is 1.79. The normalized spacial score (nSPS) is 10.1. The van der Waals surface area contributed by atoms with Gasteiger partial charge in [-0.1, -0.05) is 29.3 Å². The number of aromatic hydroxyl groups is 1. The van der Waals surface area contributed by atoms with Gasteiger partial charge in [-0.05, 0) is 36.8 Å². The topological polar surface area (TPSA) is 98.9 Å². The van der Waals surface area contributed by atoms with Crippen molar-refractivity contribution in [2.45, 2.75) is 13.5 Å². The number of carbonyl (C=O) groups is 2. The highest BCUT2D eigenvalue weighted by Crippen LogP contribution is 2.36. The molecule has 0 unspecified atom stereocenters. The molecule has 0 saturated heterocycles. The lowest BCUT2D eigenvalue weighted by atomic mass is 10.00. The van der Waals surface area contributed by atoms with Gasteiger partial charge in [-0.15, -0.1) is 12.4 Å². The minimum absolute atomic E-state index is 0. The van der Waals surface area contributed by atoms with E-state index in [0.717, 1.165) is 0 Å². The second-order valence-corrected chi connectivity index (χ2v) is 5.97. The number of rotatable bonds is 7. The van der Waals surface area contributed by atoms with Crippen LogP contribution in [0.2, 0.25) is 10.0 Å². The standard InChI is InChI=1S/C18H17Cl2NO5.ClH/c1-2-25-15(23)9-26-14-6-4-11(16(19)17(14)20)18(24)12-7-10(8-21)3-5-13(12)22;/h3-7,22H,2,8-9,21H2,1H3;1H. The Bertz CT molecular complexity index is 842. The summed E-state index contributed by atoms with van der Waals surface area (Å²) in [7, 11) is 0. The molecule has 6 nitrogen and oxygen atoms in total. The molecule has 0 aromatic heterocycles. The first-order chi connectivity index (χ1) is 12.4. The lowest BCUT2D eigenvalue weighted by Gasteiger charge is -2.12. The fourth-order valence-corrected chi connectivity index (χ4v) is 2.66. The molecule has 2 rings (SSSR count). The van der Waals surface area contributed by atoms with E-state index < -0.39 is 11.8 Å². The SMILES string of the molecule is CCOC(=O)COc1ccc(C(=O)c2cc(CN)ccc2O)c(Cl)c1Cl.Cl. The first kappa shape index (κ1) is 23.0. The van der Waals surface area contributed by atoms with Crippen LogP contribution >= 0.6 is 35.6 Å². The van der Waals surface area contributed by atoms with Crippen LogP contribution in [0.4, 0.5) is 0 Å². The molecule has 0 aliphatic heterocycles. The molecule has 2 aromatic carbocycles. The summed E-state index contributed by atoms with van der Waals surface area (Å²) in [6, 6.07) is 7.33. The van der Waals surface area contributed by atoms with E-state index >= 15 is 0 Å². The van der Waals surface area contributed by atoms with Crippen LogP contribution in [0.3, 0.4) is 0 Å². The van der Waals surface area contributed by atoms with E-state index in [4.69, 9.17) is 38.4 Å². The Balaban J connectivity index is 0.00000364. The molecule has 27 heavy (non-hydrogen) atoms. The van der Waals surface area contributed by atoms with E-state index in [1.165, 1.54) is 24.3 Å². The van der Waals surface area contributed by atoms with Crippen LogP contribution in [0, 0.1) is 0 Å². The lowest BCUT2D eigenvalue weighted by molar-refractivity contribution is -0.145. The van der Waals surface area contributed by atoms with Gasteiger partial charge in [0.15, 0.2) is 12.4 Å². The maximum absolute atomic E-state index is 12.7. The van der Waals surface area contributed by atoms with Crippen molar-refractivity contribution in [1.29, 1.82) is 0 Å². The number of phenolic OH excluding ortho intramolecular Hbond substituents is 1. The van der Waals surface area contributed by atoms with Gasteiger partial charge in [-0.25, -0.2) is 4.79 Å². The molecule has 0 aliphatic carbocycles. The van der Waals surface area contributed by atoms with Crippen molar-refractivity contribution in [2.75, 3.05) is 13.2 Å². The maximum Gasteiger partial charge on any atom is 0.344 e. The van der Waals surface area contributed by atoms with Crippen LogP contribution in [-0.4, -0.2) is 30.1 Å². The van der Waals surface area contributed by atoms with Gasteiger partial charge >= 0.3 is 5.97 Å². The van der Waals surface area contributed by atoms with Crippen LogP contribution in [-0.2, 0) is 16.1 Å². The van der Waals surface area contributed by atoms with E-state index in [1.54, 1.807) is 13.0 Å². The van der Waals surface area contributed by atoms with Gasteiger partial charge in [-0.2, -0.15) is 0 Å². The van der Waals surface area contributed by atoms with Gasteiger partial charge in [0.25, 0.3) is 0 Å². The molecular formula is C18H18Cl3NO5. The zero-order chi connectivity index (χ0) is 19.3. The second-order valence-electron chi connectivity index (χ2n) is 5.22. The van der Waals surface area contributed by atoms with E-state index in [1.807, 2.05) is 0 Å². The van der Waals surface area contributed by atoms with Gasteiger partial charge in [0.1, 0.15) is 16.5 Å².